The molecule has 10 heteroatoms. The summed E-state index contributed by atoms with van der Waals surface area (Å²) in [5, 5.41) is 7.66. The average Bonchev–Trinajstić information content (AvgIpc) is 2.73. The summed E-state index contributed by atoms with van der Waals surface area (Å²) in [4.78, 5) is 40.9. The normalized spacial score (nSPS) is 11.1. The minimum Gasteiger partial charge on any atom is -0.349 e. The first-order valence-electron chi connectivity index (χ1n) is 9.85. The van der Waals surface area contributed by atoms with Crippen molar-refractivity contribution in [3.63, 3.8) is 0 Å². The van der Waals surface area contributed by atoms with E-state index in [0.29, 0.717) is 34.4 Å². The van der Waals surface area contributed by atoms with Gasteiger partial charge in [-0.1, -0.05) is 41.4 Å². The topological polar surface area (TPSA) is 89.2 Å². The van der Waals surface area contributed by atoms with Crippen LogP contribution < -0.4 is 16.6 Å². The number of nitrogens with one attached hydrogen (secondary N) is 1. The van der Waals surface area contributed by atoms with Crippen molar-refractivity contribution in [1.82, 2.24) is 24.6 Å². The lowest BCUT2D eigenvalue weighted by molar-refractivity contribution is 0.0941. The third-order valence-corrected chi connectivity index (χ3v) is 5.39. The van der Waals surface area contributed by atoms with Gasteiger partial charge in [0.2, 0.25) is 5.69 Å². The van der Waals surface area contributed by atoms with E-state index < -0.39 is 17.2 Å². The molecule has 0 fully saturated rings. The molecule has 0 aliphatic rings. The number of nitrogens with zero attached hydrogens (tertiary/aromatic N) is 4. The van der Waals surface area contributed by atoms with E-state index in [0.717, 1.165) is 14.8 Å². The van der Waals surface area contributed by atoms with E-state index in [1.165, 1.54) is 0 Å². The fourth-order valence-electron chi connectivity index (χ4n) is 2.97. The zero-order chi connectivity index (χ0) is 23.4. The van der Waals surface area contributed by atoms with Crippen LogP contribution in [-0.2, 0) is 6.54 Å². The van der Waals surface area contributed by atoms with Crippen LogP contribution >= 0.6 is 23.2 Å². The summed E-state index contributed by atoms with van der Waals surface area (Å²) in [5.74, 6) is -0.663. The Bertz CT molecular complexity index is 1270. The predicted molar refractivity (Wildman–Crippen MR) is 125 cm³/mol. The maximum Gasteiger partial charge on any atom is 0.352 e. The second kappa shape index (κ2) is 10.1. The summed E-state index contributed by atoms with van der Waals surface area (Å²) in [7, 11) is 3.73. The molecule has 1 aromatic heterocycles. The van der Waals surface area contributed by atoms with Gasteiger partial charge in [0, 0.05) is 23.1 Å². The van der Waals surface area contributed by atoms with E-state index in [-0.39, 0.29) is 12.2 Å². The molecule has 8 nitrogen and oxygen atoms in total. The van der Waals surface area contributed by atoms with Crippen LogP contribution in [0.5, 0.6) is 0 Å². The molecule has 0 saturated carbocycles. The van der Waals surface area contributed by atoms with Gasteiger partial charge in [-0.15, -0.1) is 0 Å². The fraction of sp³-hybridized carbons (Fsp3) is 0.273. The molecule has 0 saturated heterocycles. The van der Waals surface area contributed by atoms with E-state index in [1.54, 1.807) is 42.5 Å². The number of hydrogen-bond donors (Lipinski definition) is 1. The maximum absolute atomic E-state index is 13.2. The summed E-state index contributed by atoms with van der Waals surface area (Å²) < 4.78 is 1.98. The van der Waals surface area contributed by atoms with Gasteiger partial charge in [-0.05, 0) is 56.4 Å². The second-order valence-corrected chi connectivity index (χ2v) is 8.40. The van der Waals surface area contributed by atoms with Gasteiger partial charge in [-0.25, -0.2) is 4.79 Å². The second-order valence-electron chi connectivity index (χ2n) is 7.56. The van der Waals surface area contributed by atoms with E-state index in [9.17, 15) is 14.4 Å². The lowest BCUT2D eigenvalue weighted by Crippen LogP contribution is -2.46. The molecular formula is C22H23Cl2N5O3. The molecule has 3 aromatic rings. The van der Waals surface area contributed by atoms with Crippen LogP contribution in [0.3, 0.4) is 0 Å². The molecule has 1 heterocycles. The molecule has 0 aliphatic carbocycles. The summed E-state index contributed by atoms with van der Waals surface area (Å²) in [5.41, 5.74) is -0.0749. The van der Waals surface area contributed by atoms with Crippen molar-refractivity contribution in [1.29, 1.82) is 0 Å². The Kier molecular flexibility index (Phi) is 7.50. The number of carbonyl (C=O) groups excluding carboxylic acids is 1. The zero-order valence-electron chi connectivity index (χ0n) is 17.9. The third-order valence-electron chi connectivity index (χ3n) is 4.75. The molecule has 32 heavy (non-hydrogen) atoms. The summed E-state index contributed by atoms with van der Waals surface area (Å²) in [6, 6.07) is 11.7. The number of hydrogen-bond acceptors (Lipinski definition) is 5. The smallest absolute Gasteiger partial charge is 0.349 e. The molecule has 1 amide bonds. The number of halogens is 2. The number of likely N-dealkylation sites (N-methyl/N-ethyl adjacent to an activating group) is 1. The van der Waals surface area contributed by atoms with Crippen LogP contribution in [0.2, 0.25) is 10.0 Å². The Morgan fingerprint density at radius 3 is 2.53 bits per heavy atom. The van der Waals surface area contributed by atoms with Gasteiger partial charge in [0.25, 0.3) is 11.5 Å². The number of rotatable bonds is 7. The van der Waals surface area contributed by atoms with E-state index in [1.807, 2.05) is 25.9 Å². The molecule has 1 N–H and O–H groups in total. The Morgan fingerprint density at radius 2 is 1.88 bits per heavy atom. The quantitative estimate of drug-likeness (QED) is 0.566. The van der Waals surface area contributed by atoms with Crippen LogP contribution in [0.4, 0.5) is 0 Å². The summed E-state index contributed by atoms with van der Waals surface area (Å²) in [6.07, 6.45) is 0. The fourth-order valence-corrected chi connectivity index (χ4v) is 3.36. The standard InChI is InChI=1S/C22H23Cl2N5O3/c1-14-7-8-17(12-18(14)24)29-22(32)28(13-15-5-4-6-16(23)11-15)21(31)19(26-29)20(30)25-9-10-27(2)3/h4-8,11-12H,9-10,13H2,1-3H3,(H,25,30). The van der Waals surface area contributed by atoms with Gasteiger partial charge in [0.05, 0.1) is 12.2 Å². The van der Waals surface area contributed by atoms with Crippen molar-refractivity contribution in [3.8, 4) is 5.69 Å². The minimum absolute atomic E-state index is 0.0711. The molecule has 0 atom stereocenters. The van der Waals surface area contributed by atoms with Crippen molar-refractivity contribution in [2.75, 3.05) is 27.2 Å². The van der Waals surface area contributed by atoms with Crippen molar-refractivity contribution >= 4 is 29.1 Å². The number of carbonyl (C=O) groups is 1. The number of amides is 1. The van der Waals surface area contributed by atoms with Crippen LogP contribution in [-0.4, -0.2) is 52.3 Å². The number of benzene rings is 2. The Hall–Kier alpha value is -2.94. The highest BCUT2D eigenvalue weighted by Crippen LogP contribution is 2.18. The summed E-state index contributed by atoms with van der Waals surface area (Å²) >= 11 is 12.3. The monoisotopic (exact) mass is 475 g/mol. The van der Waals surface area contributed by atoms with E-state index in [4.69, 9.17) is 23.2 Å². The van der Waals surface area contributed by atoms with Gasteiger partial charge < -0.3 is 10.2 Å². The first kappa shape index (κ1) is 23.7. The summed E-state index contributed by atoms with van der Waals surface area (Å²) in [6.45, 7) is 2.65. The van der Waals surface area contributed by atoms with Crippen molar-refractivity contribution in [2.45, 2.75) is 13.5 Å². The molecular weight excluding hydrogens is 453 g/mol. The predicted octanol–water partition coefficient (Wildman–Crippen LogP) is 2.35. The molecule has 0 aliphatic heterocycles. The highest BCUT2D eigenvalue weighted by atomic mass is 35.5. The number of aryl methyl sites for hydroxylation is 1. The first-order chi connectivity index (χ1) is 15.2. The Labute approximate surface area is 195 Å². The number of aromatic nitrogens is 3. The molecule has 0 unspecified atom stereocenters. The first-order valence-corrected chi connectivity index (χ1v) is 10.6. The highest BCUT2D eigenvalue weighted by Gasteiger charge is 2.20. The molecule has 168 valence electrons. The van der Waals surface area contributed by atoms with Crippen molar-refractivity contribution in [2.24, 2.45) is 0 Å². The maximum atomic E-state index is 13.2. The van der Waals surface area contributed by atoms with Gasteiger partial charge in [0.15, 0.2) is 0 Å². The zero-order valence-corrected chi connectivity index (χ0v) is 19.4. The van der Waals surface area contributed by atoms with Crippen LogP contribution in [0.1, 0.15) is 21.6 Å². The Balaban J connectivity index is 2.14. The molecule has 0 spiro atoms. The van der Waals surface area contributed by atoms with Crippen LogP contribution in [0.15, 0.2) is 52.1 Å². The van der Waals surface area contributed by atoms with Crippen molar-refractivity contribution < 1.29 is 4.79 Å². The van der Waals surface area contributed by atoms with Gasteiger partial charge in [0.1, 0.15) is 0 Å². The lowest BCUT2D eigenvalue weighted by Gasteiger charge is -2.14. The van der Waals surface area contributed by atoms with E-state index in [2.05, 4.69) is 10.4 Å². The lowest BCUT2D eigenvalue weighted by atomic mass is 10.2. The molecule has 3 rings (SSSR count). The van der Waals surface area contributed by atoms with Gasteiger partial charge >= 0.3 is 5.69 Å². The van der Waals surface area contributed by atoms with E-state index >= 15 is 0 Å². The molecule has 2 aromatic carbocycles. The van der Waals surface area contributed by atoms with Crippen molar-refractivity contribution in [3.05, 3.63) is 90.2 Å². The molecule has 0 radical (unpaired) electrons. The van der Waals surface area contributed by atoms with Crippen LogP contribution in [0.25, 0.3) is 5.69 Å². The Morgan fingerprint density at radius 1 is 1.12 bits per heavy atom. The highest BCUT2D eigenvalue weighted by molar-refractivity contribution is 6.31. The van der Waals surface area contributed by atoms with Gasteiger partial charge in [-0.3, -0.25) is 14.2 Å². The largest absolute Gasteiger partial charge is 0.352 e. The minimum atomic E-state index is -0.785. The van der Waals surface area contributed by atoms with Gasteiger partial charge in [-0.2, -0.15) is 9.78 Å². The SMILES string of the molecule is Cc1ccc(-n2nc(C(=O)NCCN(C)C)c(=O)n(Cc3cccc(Cl)c3)c2=O)cc1Cl. The third kappa shape index (κ3) is 5.45. The van der Waals surface area contributed by atoms with Crippen LogP contribution in [0, 0.1) is 6.92 Å². The average molecular weight is 476 g/mol. The molecule has 0 bridgehead atoms.